The Morgan fingerprint density at radius 2 is 1.38 bits per heavy atom. The molecule has 0 bridgehead atoms. The molecule has 0 fully saturated rings. The lowest BCUT2D eigenvalue weighted by Gasteiger charge is -2.45. The lowest BCUT2D eigenvalue weighted by atomic mass is 10.0. The molecule has 0 heterocycles. The molecule has 1 aliphatic rings. The van der Waals surface area contributed by atoms with E-state index in [2.05, 4.69) is 83.7 Å². The fourth-order valence-electron chi connectivity index (χ4n) is 2.06. The predicted molar refractivity (Wildman–Crippen MR) is 111 cm³/mol. The lowest BCUT2D eigenvalue weighted by molar-refractivity contribution is -0.118. The summed E-state index contributed by atoms with van der Waals surface area (Å²) in [6, 6.07) is 0. The van der Waals surface area contributed by atoms with Crippen molar-refractivity contribution in [2.75, 3.05) is 0 Å². The maximum absolute atomic E-state index is 12.1. The van der Waals surface area contributed by atoms with Crippen molar-refractivity contribution in [3.05, 3.63) is 10.6 Å². The molecular weight excluding hydrogens is 400 g/mol. The van der Waals surface area contributed by atoms with Crippen LogP contribution in [0, 0.1) is 0 Å². The van der Waals surface area contributed by atoms with Gasteiger partial charge in [-0.05, 0) is 42.3 Å². The van der Waals surface area contributed by atoms with Crippen molar-refractivity contribution in [3.63, 3.8) is 0 Å². The van der Waals surface area contributed by atoms with Crippen LogP contribution in [-0.2, 0) is 13.6 Å². The Bertz CT molecular complexity index is 513. The summed E-state index contributed by atoms with van der Waals surface area (Å²) in [5.41, 5.74) is 0. The molecule has 3 nitrogen and oxygen atoms in total. The molecule has 1 rings (SSSR count). The number of carbonyl (C=O) groups excluding carboxylic acids is 1. The van der Waals surface area contributed by atoms with Crippen LogP contribution in [0.3, 0.4) is 0 Å². The molecule has 2 atom stereocenters. The first-order valence-corrected chi connectivity index (χ1v) is 15.3. The SMILES string of the molecule is CC(C)(C)[Si](C)(C)O[C@H]1CC(=O)C=C(Br)[C@H]1O[Si](C)(C)C(C)(C)C. The van der Waals surface area contributed by atoms with E-state index in [1.165, 1.54) is 0 Å². The van der Waals surface area contributed by atoms with Crippen molar-refractivity contribution in [2.24, 2.45) is 0 Å². The number of halogens is 1. The summed E-state index contributed by atoms with van der Waals surface area (Å²) in [7, 11) is -3.95. The van der Waals surface area contributed by atoms with E-state index in [9.17, 15) is 4.79 Å². The third-order valence-electron chi connectivity index (χ3n) is 5.79. The second-order valence-electron chi connectivity index (χ2n) is 9.92. The normalized spacial score (nSPS) is 24.1. The molecular formula is C18H35BrO3Si2. The Labute approximate surface area is 159 Å². The molecule has 0 spiro atoms. The highest BCUT2D eigenvalue weighted by atomic mass is 79.9. The molecule has 0 aliphatic heterocycles. The average Bonchev–Trinajstić information content (AvgIpc) is 2.30. The van der Waals surface area contributed by atoms with Crippen LogP contribution in [0.4, 0.5) is 0 Å². The number of allylic oxidation sites excluding steroid dienone is 1. The van der Waals surface area contributed by atoms with Gasteiger partial charge in [0.25, 0.3) is 0 Å². The Kier molecular flexibility index (Phi) is 6.59. The van der Waals surface area contributed by atoms with Gasteiger partial charge in [0.15, 0.2) is 22.4 Å². The monoisotopic (exact) mass is 434 g/mol. The van der Waals surface area contributed by atoms with Crippen LogP contribution in [0.2, 0.25) is 36.3 Å². The first-order chi connectivity index (χ1) is 10.5. The molecule has 0 aromatic heterocycles. The second-order valence-corrected chi connectivity index (χ2v) is 20.3. The third kappa shape index (κ3) is 5.13. The summed E-state index contributed by atoms with van der Waals surface area (Å²) in [6.45, 7) is 22.3. The van der Waals surface area contributed by atoms with E-state index >= 15 is 0 Å². The minimum atomic E-state index is -1.98. The molecule has 0 amide bonds. The van der Waals surface area contributed by atoms with Crippen LogP contribution < -0.4 is 0 Å². The second kappa shape index (κ2) is 7.10. The molecule has 0 unspecified atom stereocenters. The van der Waals surface area contributed by atoms with Gasteiger partial charge in [0.05, 0.1) is 6.10 Å². The highest BCUT2D eigenvalue weighted by Gasteiger charge is 2.46. The van der Waals surface area contributed by atoms with E-state index in [-0.39, 0.29) is 28.1 Å². The molecule has 0 aromatic carbocycles. The Morgan fingerprint density at radius 1 is 0.958 bits per heavy atom. The minimum Gasteiger partial charge on any atom is -0.410 e. The summed E-state index contributed by atoms with van der Waals surface area (Å²) in [5, 5.41) is 0.217. The Balaban J connectivity index is 3.13. The Morgan fingerprint density at radius 3 is 1.79 bits per heavy atom. The van der Waals surface area contributed by atoms with Gasteiger partial charge in [0.1, 0.15) is 6.10 Å². The topological polar surface area (TPSA) is 35.5 Å². The summed E-state index contributed by atoms with van der Waals surface area (Å²) < 4.78 is 14.1. The standard InChI is InChI=1S/C18H35BrO3Si2/c1-17(2,3)23(7,8)21-15-12-13(20)11-14(19)16(15)22-24(9,10)18(4,5)6/h11,15-16H,12H2,1-10H3/t15-,16+/m0/s1. The van der Waals surface area contributed by atoms with E-state index in [0.29, 0.717) is 6.42 Å². The highest BCUT2D eigenvalue weighted by molar-refractivity contribution is 9.11. The first kappa shape index (κ1) is 22.3. The zero-order valence-electron chi connectivity index (χ0n) is 17.0. The van der Waals surface area contributed by atoms with E-state index in [1.54, 1.807) is 6.08 Å². The number of hydrogen-bond acceptors (Lipinski definition) is 3. The van der Waals surface area contributed by atoms with Gasteiger partial charge in [-0.15, -0.1) is 0 Å². The van der Waals surface area contributed by atoms with Crippen LogP contribution in [0.5, 0.6) is 0 Å². The van der Waals surface area contributed by atoms with E-state index in [4.69, 9.17) is 8.85 Å². The largest absolute Gasteiger partial charge is 0.410 e. The fourth-order valence-corrected chi connectivity index (χ4v) is 5.46. The number of rotatable bonds is 4. The molecule has 0 radical (unpaired) electrons. The fraction of sp³-hybridized carbons (Fsp3) is 0.833. The molecule has 0 saturated carbocycles. The van der Waals surface area contributed by atoms with Crippen molar-refractivity contribution in [3.8, 4) is 0 Å². The maximum Gasteiger partial charge on any atom is 0.193 e. The minimum absolute atomic E-state index is 0.102. The first-order valence-electron chi connectivity index (χ1n) is 8.73. The average molecular weight is 436 g/mol. The van der Waals surface area contributed by atoms with Crippen LogP contribution in [0.15, 0.2) is 10.6 Å². The quantitative estimate of drug-likeness (QED) is 0.507. The highest BCUT2D eigenvalue weighted by Crippen LogP contribution is 2.43. The van der Waals surface area contributed by atoms with E-state index in [0.717, 1.165) is 4.48 Å². The van der Waals surface area contributed by atoms with Gasteiger partial charge >= 0.3 is 0 Å². The van der Waals surface area contributed by atoms with Gasteiger partial charge in [0, 0.05) is 10.9 Å². The smallest absolute Gasteiger partial charge is 0.193 e. The molecule has 0 N–H and O–H groups in total. The van der Waals surface area contributed by atoms with E-state index in [1.807, 2.05) is 0 Å². The van der Waals surface area contributed by atoms with Crippen molar-refractivity contribution >= 4 is 38.3 Å². The van der Waals surface area contributed by atoms with Crippen molar-refractivity contribution in [1.29, 1.82) is 0 Å². The summed E-state index contributed by atoms with van der Waals surface area (Å²) in [5.74, 6) is 0.112. The van der Waals surface area contributed by atoms with Gasteiger partial charge < -0.3 is 8.85 Å². The van der Waals surface area contributed by atoms with Gasteiger partial charge in [-0.25, -0.2) is 0 Å². The van der Waals surface area contributed by atoms with Crippen molar-refractivity contribution in [2.45, 2.75) is 96.4 Å². The van der Waals surface area contributed by atoms with E-state index < -0.39 is 16.6 Å². The Hall–Kier alpha value is 0.244. The van der Waals surface area contributed by atoms with Gasteiger partial charge in [-0.3, -0.25) is 4.79 Å². The van der Waals surface area contributed by atoms with Crippen LogP contribution in [0.1, 0.15) is 48.0 Å². The van der Waals surface area contributed by atoms with Crippen LogP contribution in [-0.4, -0.2) is 34.6 Å². The molecule has 24 heavy (non-hydrogen) atoms. The number of hydrogen-bond donors (Lipinski definition) is 0. The summed E-state index contributed by atoms with van der Waals surface area (Å²) in [4.78, 5) is 12.1. The molecule has 0 aromatic rings. The predicted octanol–water partition coefficient (Wildman–Crippen LogP) is 6.02. The molecule has 6 heteroatoms. The molecule has 1 aliphatic carbocycles. The van der Waals surface area contributed by atoms with Crippen LogP contribution in [0.25, 0.3) is 0 Å². The summed E-state index contributed by atoms with van der Waals surface area (Å²) in [6.07, 6.45) is 1.69. The molecule has 0 saturated heterocycles. The van der Waals surface area contributed by atoms with Gasteiger partial charge in [-0.2, -0.15) is 0 Å². The third-order valence-corrected chi connectivity index (χ3v) is 15.4. The zero-order valence-corrected chi connectivity index (χ0v) is 20.6. The summed E-state index contributed by atoms with van der Waals surface area (Å²) >= 11 is 3.59. The van der Waals surface area contributed by atoms with Crippen molar-refractivity contribution in [1.82, 2.24) is 0 Å². The lowest BCUT2D eigenvalue weighted by Crippen LogP contribution is -2.53. The van der Waals surface area contributed by atoms with Gasteiger partial charge in [0.2, 0.25) is 0 Å². The van der Waals surface area contributed by atoms with Gasteiger partial charge in [-0.1, -0.05) is 57.5 Å². The molecule has 140 valence electrons. The number of carbonyl (C=O) groups is 1. The number of ketones is 1. The van der Waals surface area contributed by atoms with Crippen LogP contribution >= 0.6 is 15.9 Å². The zero-order chi connectivity index (χ0) is 19.1. The van der Waals surface area contributed by atoms with Crippen molar-refractivity contribution < 1.29 is 13.6 Å². The maximum atomic E-state index is 12.1.